The summed E-state index contributed by atoms with van der Waals surface area (Å²) < 4.78 is 27.4. The Labute approximate surface area is 395 Å². The van der Waals surface area contributed by atoms with Gasteiger partial charge in [-0.25, -0.2) is 0 Å². The lowest BCUT2D eigenvalue weighted by Gasteiger charge is -2.41. The van der Waals surface area contributed by atoms with Crippen LogP contribution in [0.15, 0.2) is 0 Å². The number of unbranched alkanes of at least 4 members (excludes halogenated alkanes) is 30. The van der Waals surface area contributed by atoms with E-state index in [2.05, 4.69) is 79.8 Å². The molecule has 10 heteroatoms. The van der Waals surface area contributed by atoms with E-state index in [4.69, 9.17) is 17.1 Å². The Bertz CT molecular complexity index is 942. The molecule has 0 aliphatic heterocycles. The minimum absolute atomic E-state index is 0.415. The van der Waals surface area contributed by atoms with Crippen molar-refractivity contribution in [2.24, 2.45) is 0 Å². The van der Waals surface area contributed by atoms with Crippen molar-refractivity contribution in [2.75, 3.05) is 39.9 Å². The zero-order valence-electron chi connectivity index (χ0n) is 44.7. The lowest BCUT2D eigenvalue weighted by molar-refractivity contribution is -0.913. The number of likely N-dealkylation sites (N-methyl/N-ethyl adjacent to an activating group) is 1. The fourth-order valence-corrected chi connectivity index (χ4v) is 27.6. The van der Waals surface area contributed by atoms with E-state index in [0.717, 1.165) is 23.5 Å². The van der Waals surface area contributed by atoms with Gasteiger partial charge in [0.05, 0.1) is 26.7 Å². The largest absolute Gasteiger partial charge is 0.437 e. The molecule has 1 N–H and O–H groups in total. The van der Waals surface area contributed by atoms with Crippen LogP contribution >= 0.6 is 0 Å². The summed E-state index contributed by atoms with van der Waals surface area (Å²) in [6.45, 7) is 28.9. The van der Waals surface area contributed by atoms with Crippen molar-refractivity contribution in [3.63, 3.8) is 0 Å². The van der Waals surface area contributed by atoms with Crippen molar-refractivity contribution in [2.45, 2.75) is 297 Å². The minimum atomic E-state index is -2.45. The van der Waals surface area contributed by atoms with Crippen molar-refractivity contribution in [1.82, 2.24) is 0 Å². The predicted molar refractivity (Wildman–Crippen MR) is 285 cm³/mol. The molecule has 0 saturated heterocycles. The number of nitrogens with zero attached hydrogens (tertiary/aromatic N) is 1. The summed E-state index contributed by atoms with van der Waals surface area (Å²) in [6, 6.07) is 0.894. The molecule has 0 bridgehead atoms. The number of ether oxygens (including phenoxy) is 1. The summed E-state index contributed by atoms with van der Waals surface area (Å²) in [5.41, 5.74) is 0. The van der Waals surface area contributed by atoms with Crippen LogP contribution in [0.5, 0.6) is 0 Å². The number of rotatable bonds is 48. The highest BCUT2D eigenvalue weighted by atomic mass is 28.5. The van der Waals surface area contributed by atoms with Gasteiger partial charge in [0.15, 0.2) is 16.6 Å². The van der Waals surface area contributed by atoms with Crippen molar-refractivity contribution in [3.8, 4) is 0 Å². The topological polar surface area (TPSA) is 57.2 Å². The van der Waals surface area contributed by atoms with E-state index in [1.807, 2.05) is 0 Å². The van der Waals surface area contributed by atoms with Crippen LogP contribution in [0, 0.1) is 0 Å². The molecule has 0 aromatic rings. The molecule has 0 saturated carbocycles. The van der Waals surface area contributed by atoms with E-state index in [1.165, 1.54) is 219 Å². The van der Waals surface area contributed by atoms with Gasteiger partial charge in [-0.1, -0.05) is 194 Å². The van der Waals surface area contributed by atoms with Gasteiger partial charge in [-0.2, -0.15) is 0 Å². The normalized spacial score (nSPS) is 14.5. The summed E-state index contributed by atoms with van der Waals surface area (Å²) in [7, 11) is -5.87. The lowest BCUT2D eigenvalue weighted by atomic mass is 10.0. The van der Waals surface area contributed by atoms with Gasteiger partial charge in [0, 0.05) is 6.61 Å². The highest BCUT2D eigenvalue weighted by molar-refractivity contribution is 6.89. The number of aliphatic hydroxyl groups is 1. The average molecular weight is 948 g/mol. The quantitative estimate of drug-likeness (QED) is 0.0374. The third kappa shape index (κ3) is 43.2. The summed E-state index contributed by atoms with van der Waals surface area (Å²) in [6.07, 6.45) is 45.4. The van der Waals surface area contributed by atoms with Gasteiger partial charge >= 0.3 is 17.1 Å². The first-order valence-electron chi connectivity index (χ1n) is 27.5. The van der Waals surface area contributed by atoms with Crippen LogP contribution < -0.4 is 0 Å². The fraction of sp³-hybridized carbons (Fsp3) is 1.00. The van der Waals surface area contributed by atoms with Crippen molar-refractivity contribution in [1.29, 1.82) is 0 Å². The van der Waals surface area contributed by atoms with E-state index in [0.29, 0.717) is 13.2 Å². The first-order chi connectivity index (χ1) is 29.3. The van der Waals surface area contributed by atoms with Crippen molar-refractivity contribution < 1.29 is 26.7 Å². The third-order valence-electron chi connectivity index (χ3n) is 12.5. The first kappa shape index (κ1) is 62.6. The number of hydrogen-bond acceptors (Lipinski definition) is 5. The smallest absolute Gasteiger partial charge is 0.315 e. The highest BCUT2D eigenvalue weighted by Crippen LogP contribution is 2.28. The van der Waals surface area contributed by atoms with E-state index in [9.17, 15) is 5.11 Å². The number of quaternary nitrogens is 1. The van der Waals surface area contributed by atoms with Gasteiger partial charge < -0.3 is 26.7 Å². The maximum atomic E-state index is 11.3. The molecule has 0 aliphatic rings. The van der Waals surface area contributed by atoms with Gasteiger partial charge in [0.25, 0.3) is 0 Å². The third-order valence-corrected chi connectivity index (χ3v) is 26.1. The van der Waals surface area contributed by atoms with Crippen LogP contribution in [-0.4, -0.2) is 89.3 Å². The minimum Gasteiger partial charge on any atom is -0.437 e. The molecular weight excluding hydrogens is 831 g/mol. The Morgan fingerprint density at radius 1 is 0.403 bits per heavy atom. The fourth-order valence-electron chi connectivity index (χ4n) is 9.70. The lowest BCUT2D eigenvalue weighted by Crippen LogP contribution is -2.56. The van der Waals surface area contributed by atoms with E-state index < -0.39 is 39.9 Å². The Balaban J connectivity index is 4.75. The molecule has 6 nitrogen and oxygen atoms in total. The summed E-state index contributed by atoms with van der Waals surface area (Å²) in [4.78, 5) is 0. The zero-order chi connectivity index (χ0) is 46.5. The molecule has 2 unspecified atom stereocenters. The van der Waals surface area contributed by atoms with Crippen LogP contribution in [-0.2, 0) is 17.1 Å². The van der Waals surface area contributed by atoms with Crippen LogP contribution in [0.2, 0.25) is 65.0 Å². The first-order valence-corrected chi connectivity index (χ1v) is 39.7. The second-order valence-electron chi connectivity index (χ2n) is 22.8. The van der Waals surface area contributed by atoms with Crippen molar-refractivity contribution in [3.05, 3.63) is 0 Å². The van der Waals surface area contributed by atoms with E-state index in [-0.39, 0.29) is 0 Å². The SMILES string of the molecule is CCCCCCCCCCCCCCCCCC[N+](C)(CCCCCCCCCCCCCCCCCC)CC(O)COCCC[Si](C)(O[Si](C)(C)C)O[Si](C)(C)O[Si](C)(C)C. The maximum absolute atomic E-state index is 11.3. The average Bonchev–Trinajstić information content (AvgIpc) is 3.15. The molecule has 0 aromatic heterocycles. The number of hydrogen-bond donors (Lipinski definition) is 1. The Kier molecular flexibility index (Phi) is 39.0. The highest BCUT2D eigenvalue weighted by Gasteiger charge is 2.44. The molecule has 374 valence electrons. The van der Waals surface area contributed by atoms with Gasteiger partial charge in [-0.15, -0.1) is 0 Å². The molecule has 0 aromatic carbocycles. The van der Waals surface area contributed by atoms with Crippen molar-refractivity contribution >= 4 is 33.8 Å². The maximum Gasteiger partial charge on any atom is 0.315 e. The van der Waals surface area contributed by atoms with Crippen LogP contribution in [0.1, 0.15) is 226 Å². The van der Waals surface area contributed by atoms with Gasteiger partial charge in [-0.3, -0.25) is 0 Å². The molecule has 0 aliphatic carbocycles. The Morgan fingerprint density at radius 2 is 0.710 bits per heavy atom. The predicted octanol–water partition coefficient (Wildman–Crippen LogP) is 17.2. The summed E-state index contributed by atoms with van der Waals surface area (Å²) >= 11 is 0. The molecule has 0 heterocycles. The van der Waals surface area contributed by atoms with E-state index >= 15 is 0 Å². The number of aliphatic hydroxyl groups excluding tert-OH is 1. The molecule has 0 rings (SSSR count). The van der Waals surface area contributed by atoms with Crippen LogP contribution in [0.3, 0.4) is 0 Å². The molecule has 0 fully saturated rings. The zero-order valence-corrected chi connectivity index (χ0v) is 48.7. The molecule has 0 spiro atoms. The monoisotopic (exact) mass is 947 g/mol. The Hall–Kier alpha value is 0.628. The van der Waals surface area contributed by atoms with Gasteiger partial charge in [0.1, 0.15) is 12.6 Å². The van der Waals surface area contributed by atoms with Gasteiger partial charge in [-0.05, 0) is 97.1 Å². The molecule has 0 radical (unpaired) electrons. The van der Waals surface area contributed by atoms with Crippen LogP contribution in [0.25, 0.3) is 0 Å². The van der Waals surface area contributed by atoms with Crippen LogP contribution in [0.4, 0.5) is 0 Å². The summed E-state index contributed by atoms with van der Waals surface area (Å²) in [5.74, 6) is 0. The van der Waals surface area contributed by atoms with Gasteiger partial charge in [0.2, 0.25) is 0 Å². The Morgan fingerprint density at radius 3 is 1.02 bits per heavy atom. The molecule has 0 amide bonds. The molecule has 62 heavy (non-hydrogen) atoms. The second kappa shape index (κ2) is 38.6. The van der Waals surface area contributed by atoms with E-state index in [1.54, 1.807) is 0 Å². The summed E-state index contributed by atoms with van der Waals surface area (Å²) in [5, 5.41) is 11.3. The second-order valence-corrected chi connectivity index (χ2v) is 39.2. The molecular formula is C52H116NO5Si4+. The molecule has 2 atom stereocenters. The standard InChI is InChI=1S/C52H116NO5Si4/c1-13-15-17-19-21-23-25-27-29-31-33-35-37-39-41-43-46-53(3,47-44-42-40-38-36-34-32-30-28-26-24-22-20-18-16-14-2)50-52(54)51-55-48-45-49-62(12,57-60(7,8)9)58-61(10,11)56-59(4,5)6/h52,54H,13-51H2,1-12H3/q+1.